The monoisotopic (exact) mass is 426 g/mol. The van der Waals surface area contributed by atoms with E-state index in [1.54, 1.807) is 22.8 Å². The number of nitrogen functional groups attached to an aromatic ring is 2. The molecular formula is C19H19ClN8O2. The van der Waals surface area contributed by atoms with E-state index in [1.165, 1.54) is 0 Å². The Bertz CT molecular complexity index is 1210. The summed E-state index contributed by atoms with van der Waals surface area (Å²) in [5, 5.41) is 13.1. The number of anilines is 3. The van der Waals surface area contributed by atoms with Gasteiger partial charge < -0.3 is 21.5 Å². The van der Waals surface area contributed by atoms with Gasteiger partial charge in [-0.15, -0.1) is 0 Å². The molecule has 1 saturated heterocycles. The normalized spacial score (nSPS) is 15.9. The van der Waals surface area contributed by atoms with Crippen molar-refractivity contribution in [3.8, 4) is 6.07 Å². The lowest BCUT2D eigenvalue weighted by atomic mass is 10.2. The molecule has 1 aliphatic heterocycles. The van der Waals surface area contributed by atoms with Crippen LogP contribution in [0.5, 0.6) is 0 Å². The Labute approximate surface area is 176 Å². The zero-order valence-corrected chi connectivity index (χ0v) is 16.7. The molecule has 3 heterocycles. The molecule has 11 heteroatoms. The number of hydrogen-bond donors (Lipinski definition) is 3. The maximum absolute atomic E-state index is 13.2. The first-order valence-electron chi connectivity index (χ1n) is 9.34. The van der Waals surface area contributed by atoms with E-state index in [1.807, 2.05) is 6.07 Å². The zero-order chi connectivity index (χ0) is 21.3. The van der Waals surface area contributed by atoms with Crippen LogP contribution < -0.4 is 22.3 Å². The molecule has 1 fully saturated rings. The van der Waals surface area contributed by atoms with Gasteiger partial charge in [-0.2, -0.15) is 15.2 Å². The van der Waals surface area contributed by atoms with Crippen LogP contribution in [-0.4, -0.2) is 39.3 Å². The van der Waals surface area contributed by atoms with Gasteiger partial charge in [-0.25, -0.2) is 4.98 Å². The third-order valence-electron chi connectivity index (χ3n) is 4.93. The SMILES string of the molecule is N#Cc1c(N)nc(N)nc1NCCc1nc2cccc(Cl)c2c(=O)n1[C@@H]1CCOC1. The van der Waals surface area contributed by atoms with E-state index < -0.39 is 0 Å². The van der Waals surface area contributed by atoms with Crippen molar-refractivity contribution >= 4 is 40.1 Å². The number of nitrogens with one attached hydrogen (secondary N) is 1. The van der Waals surface area contributed by atoms with Crippen molar-refractivity contribution in [1.29, 1.82) is 5.26 Å². The molecule has 10 nitrogen and oxygen atoms in total. The van der Waals surface area contributed by atoms with Gasteiger partial charge in [0.2, 0.25) is 5.95 Å². The molecule has 5 N–H and O–H groups in total. The van der Waals surface area contributed by atoms with Gasteiger partial charge in [-0.05, 0) is 18.6 Å². The van der Waals surface area contributed by atoms with Crippen LogP contribution >= 0.6 is 11.6 Å². The van der Waals surface area contributed by atoms with E-state index in [4.69, 9.17) is 27.8 Å². The Kier molecular flexibility index (Phi) is 5.39. The van der Waals surface area contributed by atoms with Crippen LogP contribution in [0.2, 0.25) is 5.02 Å². The number of fused-ring (bicyclic) bond motifs is 1. The first-order valence-corrected chi connectivity index (χ1v) is 9.71. The summed E-state index contributed by atoms with van der Waals surface area (Å²) in [5.41, 5.74) is 11.8. The van der Waals surface area contributed by atoms with Gasteiger partial charge >= 0.3 is 0 Å². The summed E-state index contributed by atoms with van der Waals surface area (Å²) in [6.45, 7) is 1.37. The molecule has 1 aromatic carbocycles. The lowest BCUT2D eigenvalue weighted by molar-refractivity contribution is 0.185. The quantitative estimate of drug-likeness (QED) is 0.549. The summed E-state index contributed by atoms with van der Waals surface area (Å²) < 4.78 is 7.14. The van der Waals surface area contributed by atoms with E-state index in [0.29, 0.717) is 47.9 Å². The summed E-state index contributed by atoms with van der Waals surface area (Å²) in [4.78, 5) is 25.8. The maximum Gasteiger partial charge on any atom is 0.263 e. The fourth-order valence-corrected chi connectivity index (χ4v) is 3.80. The minimum atomic E-state index is -0.190. The smallest absolute Gasteiger partial charge is 0.263 e. The molecule has 2 aromatic heterocycles. The Hall–Kier alpha value is -3.42. The Morgan fingerprint density at radius 3 is 2.90 bits per heavy atom. The van der Waals surface area contributed by atoms with Crippen LogP contribution in [0, 0.1) is 11.3 Å². The van der Waals surface area contributed by atoms with Gasteiger partial charge in [0.05, 0.1) is 28.6 Å². The predicted molar refractivity (Wildman–Crippen MR) is 113 cm³/mol. The molecular weight excluding hydrogens is 408 g/mol. The summed E-state index contributed by atoms with van der Waals surface area (Å²) in [6.07, 6.45) is 1.11. The average molecular weight is 427 g/mol. The molecule has 1 aliphatic rings. The highest BCUT2D eigenvalue weighted by molar-refractivity contribution is 6.35. The van der Waals surface area contributed by atoms with Crippen LogP contribution in [-0.2, 0) is 11.2 Å². The Morgan fingerprint density at radius 2 is 2.17 bits per heavy atom. The number of nitriles is 1. The van der Waals surface area contributed by atoms with Crippen LogP contribution in [0.1, 0.15) is 23.9 Å². The minimum absolute atomic E-state index is 0.00554. The van der Waals surface area contributed by atoms with Crippen molar-refractivity contribution in [3.05, 3.63) is 45.0 Å². The van der Waals surface area contributed by atoms with Gasteiger partial charge in [0.1, 0.15) is 23.3 Å². The molecule has 0 radical (unpaired) electrons. The summed E-state index contributed by atoms with van der Waals surface area (Å²) in [5.74, 6) is 0.800. The number of benzene rings is 1. The highest BCUT2D eigenvalue weighted by atomic mass is 35.5. The fraction of sp³-hybridized carbons (Fsp3) is 0.316. The molecule has 0 bridgehead atoms. The molecule has 154 valence electrons. The molecule has 0 aliphatic carbocycles. The number of nitrogens with two attached hydrogens (primary N) is 2. The third kappa shape index (κ3) is 3.60. The van der Waals surface area contributed by atoms with Crippen molar-refractivity contribution in [3.63, 3.8) is 0 Å². The Morgan fingerprint density at radius 1 is 1.33 bits per heavy atom. The van der Waals surface area contributed by atoms with E-state index in [9.17, 15) is 10.1 Å². The average Bonchev–Trinajstić information content (AvgIpc) is 3.22. The van der Waals surface area contributed by atoms with Gasteiger partial charge in [-0.3, -0.25) is 9.36 Å². The number of rotatable bonds is 5. The summed E-state index contributed by atoms with van der Waals surface area (Å²) in [6, 6.07) is 7.05. The van der Waals surface area contributed by atoms with Crippen molar-refractivity contribution in [2.24, 2.45) is 0 Å². The number of halogens is 1. The van der Waals surface area contributed by atoms with E-state index >= 15 is 0 Å². The van der Waals surface area contributed by atoms with Crippen molar-refractivity contribution in [1.82, 2.24) is 19.5 Å². The molecule has 0 unspecified atom stereocenters. The maximum atomic E-state index is 13.2. The van der Waals surface area contributed by atoms with Gasteiger partial charge in [0, 0.05) is 19.6 Å². The number of ether oxygens (including phenoxy) is 1. The predicted octanol–water partition coefficient (Wildman–Crippen LogP) is 1.49. The third-order valence-corrected chi connectivity index (χ3v) is 5.24. The van der Waals surface area contributed by atoms with Crippen molar-refractivity contribution in [2.75, 3.05) is 36.5 Å². The molecule has 4 rings (SSSR count). The first kappa shape index (κ1) is 19.9. The van der Waals surface area contributed by atoms with Crippen LogP contribution in [0.3, 0.4) is 0 Å². The minimum Gasteiger partial charge on any atom is -0.382 e. The van der Waals surface area contributed by atoms with Gasteiger partial charge in [-0.1, -0.05) is 17.7 Å². The lowest BCUT2D eigenvalue weighted by Gasteiger charge is -2.19. The second kappa shape index (κ2) is 8.14. The van der Waals surface area contributed by atoms with Crippen molar-refractivity contribution < 1.29 is 4.74 Å². The highest BCUT2D eigenvalue weighted by Crippen LogP contribution is 2.24. The van der Waals surface area contributed by atoms with E-state index in [0.717, 1.165) is 6.42 Å². The van der Waals surface area contributed by atoms with Gasteiger partial charge in [0.15, 0.2) is 5.82 Å². The highest BCUT2D eigenvalue weighted by Gasteiger charge is 2.24. The zero-order valence-electron chi connectivity index (χ0n) is 15.9. The fourth-order valence-electron chi connectivity index (χ4n) is 3.55. The van der Waals surface area contributed by atoms with Crippen LogP contribution in [0.25, 0.3) is 10.9 Å². The van der Waals surface area contributed by atoms with Crippen molar-refractivity contribution in [2.45, 2.75) is 18.9 Å². The molecule has 3 aromatic rings. The lowest BCUT2D eigenvalue weighted by Crippen LogP contribution is -2.31. The summed E-state index contributed by atoms with van der Waals surface area (Å²) in [7, 11) is 0. The molecule has 0 amide bonds. The van der Waals surface area contributed by atoms with E-state index in [-0.39, 0.29) is 34.7 Å². The molecule has 0 saturated carbocycles. The second-order valence-corrected chi connectivity index (χ2v) is 7.24. The standard InChI is InChI=1S/C19H19ClN8O2/c20-12-2-1-3-13-15(12)18(29)28(10-5-7-30-9-10)14(25-13)4-6-24-17-11(8-21)16(22)26-19(23)27-17/h1-3,10H,4-7,9H2,(H5,22,23,24,26,27)/t10-/m1/s1. The molecule has 30 heavy (non-hydrogen) atoms. The first-order chi connectivity index (χ1) is 14.5. The second-order valence-electron chi connectivity index (χ2n) is 6.83. The number of nitrogens with zero attached hydrogens (tertiary/aromatic N) is 5. The number of hydrogen-bond acceptors (Lipinski definition) is 9. The van der Waals surface area contributed by atoms with Gasteiger partial charge in [0.25, 0.3) is 5.56 Å². The Balaban J connectivity index is 1.68. The largest absolute Gasteiger partial charge is 0.382 e. The van der Waals surface area contributed by atoms with Crippen LogP contribution in [0.4, 0.5) is 17.6 Å². The topological polar surface area (TPSA) is 158 Å². The van der Waals surface area contributed by atoms with Crippen LogP contribution in [0.15, 0.2) is 23.0 Å². The number of aromatic nitrogens is 4. The van der Waals surface area contributed by atoms with E-state index in [2.05, 4.69) is 20.3 Å². The summed E-state index contributed by atoms with van der Waals surface area (Å²) >= 11 is 6.28. The molecule has 1 atom stereocenters. The molecule has 0 spiro atoms.